The molecule has 4 heteroatoms. The van der Waals surface area contributed by atoms with E-state index in [4.69, 9.17) is 5.11 Å². The molecule has 2 N–H and O–H groups in total. The number of ketones is 1. The zero-order valence-electron chi connectivity index (χ0n) is 11.8. The van der Waals surface area contributed by atoms with E-state index in [1.807, 2.05) is 41.5 Å². The van der Waals surface area contributed by atoms with Crippen molar-refractivity contribution < 1.29 is 14.7 Å². The molecule has 0 aliphatic carbocycles. The van der Waals surface area contributed by atoms with Gasteiger partial charge in [0.15, 0.2) is 5.78 Å². The molecule has 0 radical (unpaired) electrons. The maximum Gasteiger partial charge on any atom is 0.221 e. The van der Waals surface area contributed by atoms with Crippen LogP contribution in [0.1, 0.15) is 48.0 Å². The second-order valence-corrected chi connectivity index (χ2v) is 6.55. The topological polar surface area (TPSA) is 66.4 Å². The Morgan fingerprint density at radius 2 is 1.59 bits per heavy atom. The monoisotopic (exact) mass is 243 g/mol. The summed E-state index contributed by atoms with van der Waals surface area (Å²) in [5.74, 6) is -0.879. The van der Waals surface area contributed by atoms with E-state index in [0.29, 0.717) is 0 Å². The van der Waals surface area contributed by atoms with Crippen molar-refractivity contribution in [3.05, 3.63) is 0 Å². The van der Waals surface area contributed by atoms with Gasteiger partial charge in [-0.2, -0.15) is 0 Å². The molecule has 1 atom stereocenters. The molecule has 4 nitrogen and oxygen atoms in total. The van der Waals surface area contributed by atoms with E-state index in [1.54, 1.807) is 0 Å². The Balaban J connectivity index is 4.67. The molecule has 100 valence electrons. The molecular formula is C13H25NO3. The number of Topliss-reactive ketones (excluding diaryl/α,β-unsaturated/α-hetero) is 1. The van der Waals surface area contributed by atoms with Gasteiger partial charge in [-0.15, -0.1) is 0 Å². The van der Waals surface area contributed by atoms with Crippen LogP contribution in [0.4, 0.5) is 0 Å². The van der Waals surface area contributed by atoms with E-state index in [0.717, 1.165) is 0 Å². The number of carbonyl (C=O) groups is 2. The molecule has 17 heavy (non-hydrogen) atoms. The molecule has 0 aromatic heterocycles. The Bertz CT molecular complexity index is 284. The molecule has 1 amide bonds. The third kappa shape index (κ3) is 6.41. The standard InChI is InChI=1S/C13H25NO3/c1-12(2,3)9(10(16)8-15)7-11(17)14-13(4,5)6/h9,15H,7-8H2,1-6H3,(H,14,17). The summed E-state index contributed by atoms with van der Waals surface area (Å²) in [5.41, 5.74) is -0.628. The van der Waals surface area contributed by atoms with Crippen LogP contribution in [0.15, 0.2) is 0 Å². The highest BCUT2D eigenvalue weighted by Crippen LogP contribution is 2.29. The predicted molar refractivity (Wildman–Crippen MR) is 67.6 cm³/mol. The third-order valence-corrected chi connectivity index (χ3v) is 2.49. The maximum absolute atomic E-state index is 11.8. The number of hydrogen-bond donors (Lipinski definition) is 2. The average Bonchev–Trinajstić information content (AvgIpc) is 2.08. The quantitative estimate of drug-likeness (QED) is 0.786. The second kappa shape index (κ2) is 5.63. The van der Waals surface area contributed by atoms with Gasteiger partial charge < -0.3 is 10.4 Å². The summed E-state index contributed by atoms with van der Waals surface area (Å²) in [5, 5.41) is 11.8. The molecular weight excluding hydrogens is 218 g/mol. The minimum absolute atomic E-state index is 0.125. The first kappa shape index (κ1) is 16.1. The molecule has 0 bridgehead atoms. The highest BCUT2D eigenvalue weighted by Gasteiger charge is 2.33. The van der Waals surface area contributed by atoms with Gasteiger partial charge in [-0.25, -0.2) is 0 Å². The molecule has 1 unspecified atom stereocenters. The summed E-state index contributed by atoms with van der Waals surface area (Å²) < 4.78 is 0. The highest BCUT2D eigenvalue weighted by atomic mass is 16.3. The van der Waals surface area contributed by atoms with Crippen LogP contribution < -0.4 is 5.32 Å². The number of nitrogens with one attached hydrogen (secondary N) is 1. The van der Waals surface area contributed by atoms with Crippen molar-refractivity contribution in [2.45, 2.75) is 53.5 Å². The fraction of sp³-hybridized carbons (Fsp3) is 0.846. The van der Waals surface area contributed by atoms with E-state index < -0.39 is 12.5 Å². The SMILES string of the molecule is CC(C)(C)NC(=O)CC(C(=O)CO)C(C)(C)C. The molecule has 0 rings (SSSR count). The lowest BCUT2D eigenvalue weighted by molar-refractivity contribution is -0.134. The summed E-state index contributed by atoms with van der Waals surface area (Å²) in [6.45, 7) is 10.9. The predicted octanol–water partition coefficient (Wildman–Crippen LogP) is 1.51. The van der Waals surface area contributed by atoms with Crippen LogP contribution in [0.3, 0.4) is 0 Å². The normalized spacial score (nSPS) is 14.3. The Kier molecular flexibility index (Phi) is 5.33. The smallest absolute Gasteiger partial charge is 0.221 e. The molecule has 0 aliphatic heterocycles. The van der Waals surface area contributed by atoms with Gasteiger partial charge >= 0.3 is 0 Å². The van der Waals surface area contributed by atoms with E-state index in [-0.39, 0.29) is 29.1 Å². The van der Waals surface area contributed by atoms with Gasteiger partial charge in [0.05, 0.1) is 0 Å². The fourth-order valence-corrected chi connectivity index (χ4v) is 1.67. The lowest BCUT2D eigenvalue weighted by atomic mass is 9.76. The first-order valence-corrected chi connectivity index (χ1v) is 5.92. The van der Waals surface area contributed by atoms with Crippen molar-refractivity contribution in [3.63, 3.8) is 0 Å². The van der Waals surface area contributed by atoms with Crippen LogP contribution in [-0.4, -0.2) is 28.9 Å². The summed E-state index contributed by atoms with van der Waals surface area (Å²) >= 11 is 0. The maximum atomic E-state index is 11.8. The summed E-state index contributed by atoms with van der Waals surface area (Å²) in [7, 11) is 0. The molecule has 0 saturated carbocycles. The van der Waals surface area contributed by atoms with Gasteiger partial charge in [-0.1, -0.05) is 20.8 Å². The van der Waals surface area contributed by atoms with E-state index in [2.05, 4.69) is 5.32 Å². The van der Waals surface area contributed by atoms with E-state index >= 15 is 0 Å². The number of carbonyl (C=O) groups excluding carboxylic acids is 2. The van der Waals surface area contributed by atoms with Crippen LogP contribution in [-0.2, 0) is 9.59 Å². The number of hydrogen-bond acceptors (Lipinski definition) is 3. The van der Waals surface area contributed by atoms with Crippen LogP contribution in [0.5, 0.6) is 0 Å². The summed E-state index contributed by atoms with van der Waals surface area (Å²) in [6.07, 6.45) is 0.125. The van der Waals surface area contributed by atoms with Crippen molar-refractivity contribution in [1.82, 2.24) is 5.32 Å². The van der Waals surface area contributed by atoms with Gasteiger partial charge in [0.2, 0.25) is 5.91 Å². The van der Waals surface area contributed by atoms with Gasteiger partial charge in [0.1, 0.15) is 6.61 Å². The van der Waals surface area contributed by atoms with E-state index in [9.17, 15) is 9.59 Å². The Hall–Kier alpha value is -0.900. The molecule has 0 saturated heterocycles. The van der Waals surface area contributed by atoms with Gasteiger partial charge in [0, 0.05) is 17.9 Å². The lowest BCUT2D eigenvalue weighted by Crippen LogP contribution is -2.43. The average molecular weight is 243 g/mol. The molecule has 0 aliphatic rings. The third-order valence-electron chi connectivity index (χ3n) is 2.49. The van der Waals surface area contributed by atoms with Crippen molar-refractivity contribution in [3.8, 4) is 0 Å². The number of aliphatic hydroxyl groups is 1. The Labute approximate surface area is 104 Å². The van der Waals surface area contributed by atoms with Gasteiger partial charge in [-0.3, -0.25) is 9.59 Å². The van der Waals surface area contributed by atoms with Crippen LogP contribution >= 0.6 is 0 Å². The van der Waals surface area contributed by atoms with Crippen molar-refractivity contribution >= 4 is 11.7 Å². The highest BCUT2D eigenvalue weighted by molar-refractivity contribution is 5.88. The van der Waals surface area contributed by atoms with Crippen LogP contribution in [0.2, 0.25) is 0 Å². The van der Waals surface area contributed by atoms with E-state index in [1.165, 1.54) is 0 Å². The minimum atomic E-state index is -0.509. The van der Waals surface area contributed by atoms with Gasteiger partial charge in [-0.05, 0) is 26.2 Å². The minimum Gasteiger partial charge on any atom is -0.389 e. The first-order valence-electron chi connectivity index (χ1n) is 5.92. The zero-order chi connectivity index (χ0) is 13.9. The van der Waals surface area contributed by atoms with Crippen molar-refractivity contribution in [2.24, 2.45) is 11.3 Å². The Morgan fingerprint density at radius 3 is 1.88 bits per heavy atom. The summed E-state index contributed by atoms with van der Waals surface area (Å²) in [6, 6.07) is 0. The zero-order valence-corrected chi connectivity index (χ0v) is 11.8. The molecule has 0 heterocycles. The fourth-order valence-electron chi connectivity index (χ4n) is 1.67. The second-order valence-electron chi connectivity index (χ2n) is 6.55. The summed E-state index contributed by atoms with van der Waals surface area (Å²) in [4.78, 5) is 23.4. The molecule has 0 aromatic carbocycles. The Morgan fingerprint density at radius 1 is 1.12 bits per heavy atom. The molecule has 0 aromatic rings. The number of aliphatic hydroxyl groups excluding tert-OH is 1. The number of amides is 1. The lowest BCUT2D eigenvalue weighted by Gasteiger charge is -2.30. The molecule has 0 fully saturated rings. The largest absolute Gasteiger partial charge is 0.389 e. The van der Waals surface area contributed by atoms with Crippen LogP contribution in [0, 0.1) is 11.3 Å². The number of rotatable bonds is 4. The molecule has 0 spiro atoms. The van der Waals surface area contributed by atoms with Crippen LogP contribution in [0.25, 0.3) is 0 Å². The van der Waals surface area contributed by atoms with Crippen molar-refractivity contribution in [2.75, 3.05) is 6.61 Å². The van der Waals surface area contributed by atoms with Crippen molar-refractivity contribution in [1.29, 1.82) is 0 Å². The first-order chi connectivity index (χ1) is 7.47. The van der Waals surface area contributed by atoms with Gasteiger partial charge in [0.25, 0.3) is 0 Å².